The summed E-state index contributed by atoms with van der Waals surface area (Å²) in [4.78, 5) is 21.2. The fourth-order valence-corrected chi connectivity index (χ4v) is 1.05. The minimum absolute atomic E-state index is 0.0219. The summed E-state index contributed by atoms with van der Waals surface area (Å²) in [5.74, 6) is -0.823. The van der Waals surface area contributed by atoms with Crippen LogP contribution in [0.25, 0.3) is 0 Å². The molecule has 6 heteroatoms. The Kier molecular flexibility index (Phi) is 2.04. The van der Waals surface area contributed by atoms with Gasteiger partial charge in [-0.3, -0.25) is 9.59 Å². The van der Waals surface area contributed by atoms with Crippen LogP contribution in [0.4, 0.5) is 0 Å². The van der Waals surface area contributed by atoms with E-state index in [-0.39, 0.29) is 17.4 Å². The molecule has 1 aliphatic rings. The first-order valence-electron chi connectivity index (χ1n) is 2.99. The van der Waals surface area contributed by atoms with E-state index in [0.717, 1.165) is 0 Å². The Morgan fingerprint density at radius 2 is 2.36 bits per heavy atom. The normalized spacial score (nSPS) is 22.7. The van der Waals surface area contributed by atoms with E-state index in [2.05, 4.69) is 22.9 Å². The lowest BCUT2D eigenvalue weighted by Crippen LogP contribution is -2.33. The second-order valence-electron chi connectivity index (χ2n) is 2.19. The monoisotopic (exact) mass is 173 g/mol. The third-order valence-electron chi connectivity index (χ3n) is 1.26. The third kappa shape index (κ3) is 1.87. The maximum Gasteiger partial charge on any atom is 0.249 e. The largest absolute Gasteiger partial charge is 0.370 e. The molecule has 1 saturated heterocycles. The van der Waals surface area contributed by atoms with Crippen LogP contribution >= 0.6 is 12.2 Å². The maximum absolute atomic E-state index is 10.9. The van der Waals surface area contributed by atoms with Gasteiger partial charge in [-0.05, 0) is 12.2 Å². The van der Waals surface area contributed by atoms with E-state index in [1.165, 1.54) is 0 Å². The number of amides is 2. The van der Waals surface area contributed by atoms with Gasteiger partial charge in [-0.15, -0.1) is 0 Å². The molecule has 1 fully saturated rings. The van der Waals surface area contributed by atoms with E-state index >= 15 is 0 Å². The summed E-state index contributed by atoms with van der Waals surface area (Å²) in [7, 11) is 0. The Bertz CT molecular complexity index is 228. The van der Waals surface area contributed by atoms with Crippen molar-refractivity contribution < 1.29 is 9.59 Å². The number of rotatable bonds is 2. The summed E-state index contributed by atoms with van der Waals surface area (Å²) < 4.78 is 0. The SMILES string of the molecule is NC(=O)CC1NC(=S)NC1=O. The van der Waals surface area contributed by atoms with Crippen molar-refractivity contribution in [1.29, 1.82) is 0 Å². The molecule has 1 aliphatic heterocycles. The molecule has 0 radical (unpaired) electrons. The molecule has 11 heavy (non-hydrogen) atoms. The van der Waals surface area contributed by atoms with Crippen molar-refractivity contribution in [2.45, 2.75) is 12.5 Å². The number of hydrogen-bond donors (Lipinski definition) is 3. The average molecular weight is 173 g/mol. The fourth-order valence-electron chi connectivity index (χ4n) is 0.804. The lowest BCUT2D eigenvalue weighted by Gasteiger charge is -2.02. The van der Waals surface area contributed by atoms with Crippen LogP contribution in [0.15, 0.2) is 0 Å². The maximum atomic E-state index is 10.9. The van der Waals surface area contributed by atoms with E-state index in [1.807, 2.05) is 0 Å². The van der Waals surface area contributed by atoms with Gasteiger partial charge in [-0.1, -0.05) is 0 Å². The number of primary amides is 1. The smallest absolute Gasteiger partial charge is 0.249 e. The van der Waals surface area contributed by atoms with Gasteiger partial charge in [-0.25, -0.2) is 0 Å². The highest BCUT2D eigenvalue weighted by Gasteiger charge is 2.27. The second kappa shape index (κ2) is 2.83. The van der Waals surface area contributed by atoms with Gasteiger partial charge >= 0.3 is 0 Å². The molecule has 0 aromatic heterocycles. The predicted octanol–water partition coefficient (Wildman–Crippen LogP) is -1.77. The molecule has 0 saturated carbocycles. The van der Waals surface area contributed by atoms with E-state index < -0.39 is 11.9 Å². The Labute approximate surface area is 68.3 Å². The number of thiocarbonyl (C=S) groups is 1. The Balaban J connectivity index is 2.53. The molecule has 5 nitrogen and oxygen atoms in total. The summed E-state index contributed by atoms with van der Waals surface area (Å²) in [6, 6.07) is -0.583. The van der Waals surface area contributed by atoms with Crippen LogP contribution < -0.4 is 16.4 Å². The van der Waals surface area contributed by atoms with Gasteiger partial charge in [-0.2, -0.15) is 0 Å². The van der Waals surface area contributed by atoms with Gasteiger partial charge in [0.15, 0.2) is 5.11 Å². The van der Waals surface area contributed by atoms with Crippen molar-refractivity contribution in [2.24, 2.45) is 5.73 Å². The molecule has 0 bridgehead atoms. The summed E-state index contributed by atoms with van der Waals surface area (Å²) in [6.45, 7) is 0. The van der Waals surface area contributed by atoms with Crippen LogP contribution in [0.1, 0.15) is 6.42 Å². The van der Waals surface area contributed by atoms with E-state index in [9.17, 15) is 9.59 Å². The number of nitrogens with two attached hydrogens (primary N) is 1. The zero-order valence-electron chi connectivity index (χ0n) is 5.59. The molecule has 0 aromatic carbocycles. The van der Waals surface area contributed by atoms with Crippen molar-refractivity contribution >= 4 is 29.1 Å². The summed E-state index contributed by atoms with van der Waals surface area (Å²) in [5, 5.41) is 5.20. The van der Waals surface area contributed by atoms with Gasteiger partial charge in [0.2, 0.25) is 11.8 Å². The Morgan fingerprint density at radius 3 is 2.73 bits per heavy atom. The molecule has 0 spiro atoms. The molecule has 1 atom stereocenters. The lowest BCUT2D eigenvalue weighted by molar-refractivity contribution is -0.124. The van der Waals surface area contributed by atoms with Gasteiger partial charge in [0.05, 0.1) is 6.42 Å². The van der Waals surface area contributed by atoms with Crippen molar-refractivity contribution in [3.8, 4) is 0 Å². The fraction of sp³-hybridized carbons (Fsp3) is 0.400. The predicted molar refractivity (Wildman–Crippen MR) is 41.5 cm³/mol. The van der Waals surface area contributed by atoms with Gasteiger partial charge in [0.25, 0.3) is 0 Å². The van der Waals surface area contributed by atoms with Crippen LogP contribution in [0, 0.1) is 0 Å². The second-order valence-corrected chi connectivity index (χ2v) is 2.59. The molecule has 1 unspecified atom stereocenters. The highest BCUT2D eigenvalue weighted by molar-refractivity contribution is 7.80. The molecule has 60 valence electrons. The first kappa shape index (κ1) is 7.93. The first-order chi connectivity index (χ1) is 5.09. The van der Waals surface area contributed by atoms with Gasteiger partial charge in [0.1, 0.15) is 6.04 Å². The highest BCUT2D eigenvalue weighted by Crippen LogP contribution is 1.97. The summed E-state index contributed by atoms with van der Waals surface area (Å²) >= 11 is 4.63. The number of hydrogen-bond acceptors (Lipinski definition) is 3. The molecule has 1 heterocycles. The van der Waals surface area contributed by atoms with E-state index in [1.54, 1.807) is 0 Å². The van der Waals surface area contributed by atoms with Crippen LogP contribution in [0.2, 0.25) is 0 Å². The Morgan fingerprint density at radius 1 is 1.73 bits per heavy atom. The first-order valence-corrected chi connectivity index (χ1v) is 3.40. The van der Waals surface area contributed by atoms with E-state index in [4.69, 9.17) is 5.73 Å². The van der Waals surface area contributed by atoms with Crippen molar-refractivity contribution in [1.82, 2.24) is 10.6 Å². The van der Waals surface area contributed by atoms with Crippen LogP contribution in [0.3, 0.4) is 0 Å². The zero-order valence-corrected chi connectivity index (χ0v) is 6.40. The molecule has 4 N–H and O–H groups in total. The van der Waals surface area contributed by atoms with Crippen molar-refractivity contribution in [2.75, 3.05) is 0 Å². The lowest BCUT2D eigenvalue weighted by atomic mass is 10.2. The molecule has 2 amide bonds. The topological polar surface area (TPSA) is 84.2 Å². The minimum atomic E-state index is -0.583. The van der Waals surface area contributed by atoms with Crippen LogP contribution in [-0.2, 0) is 9.59 Å². The highest BCUT2D eigenvalue weighted by atomic mass is 32.1. The summed E-state index contributed by atoms with van der Waals surface area (Å²) in [6.07, 6.45) is -0.0219. The average Bonchev–Trinajstić information content (AvgIpc) is 2.09. The number of carbonyl (C=O) groups is 2. The molecule has 0 aliphatic carbocycles. The minimum Gasteiger partial charge on any atom is -0.370 e. The Hall–Kier alpha value is -1.17. The number of nitrogens with one attached hydrogen (secondary N) is 2. The van der Waals surface area contributed by atoms with Crippen molar-refractivity contribution in [3.63, 3.8) is 0 Å². The summed E-state index contributed by atoms with van der Waals surface area (Å²) in [5.41, 5.74) is 4.88. The van der Waals surface area contributed by atoms with Gasteiger partial charge in [0, 0.05) is 0 Å². The zero-order chi connectivity index (χ0) is 8.43. The molecule has 1 rings (SSSR count). The number of carbonyl (C=O) groups excluding carboxylic acids is 2. The quantitative estimate of drug-likeness (QED) is 0.432. The molecule has 0 aromatic rings. The molecular formula is C5H7N3O2S. The third-order valence-corrected chi connectivity index (χ3v) is 1.48. The van der Waals surface area contributed by atoms with Crippen LogP contribution in [0.5, 0.6) is 0 Å². The standard InChI is InChI=1S/C5H7N3O2S/c6-3(9)1-2-4(10)8-5(11)7-2/h2H,1H2,(H2,6,9)(H2,7,8,10,11). The van der Waals surface area contributed by atoms with Crippen LogP contribution in [-0.4, -0.2) is 23.0 Å². The van der Waals surface area contributed by atoms with E-state index in [0.29, 0.717) is 0 Å². The molecular weight excluding hydrogens is 166 g/mol. The van der Waals surface area contributed by atoms with Crippen molar-refractivity contribution in [3.05, 3.63) is 0 Å². The van der Waals surface area contributed by atoms with Gasteiger partial charge < -0.3 is 16.4 Å².